The van der Waals surface area contributed by atoms with E-state index < -0.39 is 0 Å². The number of ether oxygens (including phenoxy) is 1. The molecule has 0 bridgehead atoms. The standard InChI is InChI=1S/C18H16ClN3O2S2/c1-24-16-8-7-13(9-14(16)19)15(23)11-25-18-22-21-17(26-18)20-10-12-5-3-2-4-6-12/h2-9H,10-11H2,1H3,(H,20,21). The van der Waals surface area contributed by atoms with Gasteiger partial charge in [-0.1, -0.05) is 65.0 Å². The third-order valence-electron chi connectivity index (χ3n) is 3.49. The molecule has 134 valence electrons. The molecular weight excluding hydrogens is 390 g/mol. The molecule has 3 aromatic rings. The first kappa shape index (κ1) is 18.7. The Balaban J connectivity index is 1.52. The summed E-state index contributed by atoms with van der Waals surface area (Å²) in [4.78, 5) is 12.3. The summed E-state index contributed by atoms with van der Waals surface area (Å²) in [6, 6.07) is 15.1. The number of anilines is 1. The van der Waals surface area contributed by atoms with Crippen LogP contribution in [0.1, 0.15) is 15.9 Å². The second kappa shape index (κ2) is 9.02. The van der Waals surface area contributed by atoms with Gasteiger partial charge in [0.05, 0.1) is 17.9 Å². The SMILES string of the molecule is COc1ccc(C(=O)CSc2nnc(NCc3ccccc3)s2)cc1Cl. The van der Waals surface area contributed by atoms with E-state index in [0.29, 0.717) is 22.9 Å². The summed E-state index contributed by atoms with van der Waals surface area (Å²) in [5, 5.41) is 12.6. The molecule has 0 spiro atoms. The van der Waals surface area contributed by atoms with Gasteiger partial charge in [-0.05, 0) is 23.8 Å². The number of methoxy groups -OCH3 is 1. The Bertz CT molecular complexity index is 887. The van der Waals surface area contributed by atoms with Crippen LogP contribution in [-0.4, -0.2) is 28.8 Å². The van der Waals surface area contributed by atoms with Crippen LogP contribution in [-0.2, 0) is 6.54 Å². The Morgan fingerprint density at radius 2 is 2.04 bits per heavy atom. The summed E-state index contributed by atoms with van der Waals surface area (Å²) in [7, 11) is 1.54. The lowest BCUT2D eigenvalue weighted by molar-refractivity contribution is 0.102. The molecule has 5 nitrogen and oxygen atoms in total. The Hall–Kier alpha value is -2.09. The van der Waals surface area contributed by atoms with E-state index in [2.05, 4.69) is 15.5 Å². The van der Waals surface area contributed by atoms with E-state index in [-0.39, 0.29) is 11.5 Å². The Morgan fingerprint density at radius 1 is 1.23 bits per heavy atom. The normalized spacial score (nSPS) is 10.5. The number of rotatable bonds is 8. The highest BCUT2D eigenvalue weighted by Gasteiger charge is 2.12. The van der Waals surface area contributed by atoms with Gasteiger partial charge in [-0.15, -0.1) is 10.2 Å². The van der Waals surface area contributed by atoms with E-state index in [0.717, 1.165) is 9.47 Å². The zero-order chi connectivity index (χ0) is 18.4. The minimum atomic E-state index is -0.0199. The Kier molecular flexibility index (Phi) is 6.49. The predicted molar refractivity (Wildman–Crippen MR) is 107 cm³/mol. The fraction of sp³-hybridized carbons (Fsp3) is 0.167. The van der Waals surface area contributed by atoms with Crippen LogP contribution in [0.2, 0.25) is 5.02 Å². The van der Waals surface area contributed by atoms with E-state index in [1.54, 1.807) is 18.2 Å². The number of aromatic nitrogens is 2. The van der Waals surface area contributed by atoms with Crippen molar-refractivity contribution in [3.63, 3.8) is 0 Å². The van der Waals surface area contributed by atoms with Crippen molar-refractivity contribution in [1.29, 1.82) is 0 Å². The monoisotopic (exact) mass is 405 g/mol. The van der Waals surface area contributed by atoms with Crippen LogP contribution >= 0.6 is 34.7 Å². The predicted octanol–water partition coefficient (Wildman–Crippen LogP) is 4.79. The van der Waals surface area contributed by atoms with Gasteiger partial charge in [0, 0.05) is 12.1 Å². The maximum Gasteiger partial charge on any atom is 0.206 e. The lowest BCUT2D eigenvalue weighted by atomic mass is 10.1. The van der Waals surface area contributed by atoms with Crippen LogP contribution in [0.5, 0.6) is 5.75 Å². The van der Waals surface area contributed by atoms with Gasteiger partial charge < -0.3 is 10.1 Å². The molecule has 0 radical (unpaired) electrons. The van der Waals surface area contributed by atoms with Crippen molar-refractivity contribution in [2.45, 2.75) is 10.9 Å². The third kappa shape index (κ3) is 4.97. The highest BCUT2D eigenvalue weighted by atomic mass is 35.5. The average molecular weight is 406 g/mol. The van der Waals surface area contributed by atoms with Gasteiger partial charge in [-0.2, -0.15) is 0 Å². The fourth-order valence-electron chi connectivity index (χ4n) is 2.16. The van der Waals surface area contributed by atoms with Crippen molar-refractivity contribution in [1.82, 2.24) is 10.2 Å². The first-order chi connectivity index (χ1) is 12.7. The van der Waals surface area contributed by atoms with Gasteiger partial charge >= 0.3 is 0 Å². The van der Waals surface area contributed by atoms with Crippen LogP contribution in [0.25, 0.3) is 0 Å². The minimum Gasteiger partial charge on any atom is -0.495 e. The van der Waals surface area contributed by atoms with Gasteiger partial charge in [0.1, 0.15) is 5.75 Å². The summed E-state index contributed by atoms with van der Waals surface area (Å²) in [5.74, 6) is 0.804. The van der Waals surface area contributed by atoms with Crippen LogP contribution in [0, 0.1) is 0 Å². The number of nitrogens with zero attached hydrogens (tertiary/aromatic N) is 2. The summed E-state index contributed by atoms with van der Waals surface area (Å²) < 4.78 is 5.84. The summed E-state index contributed by atoms with van der Waals surface area (Å²) >= 11 is 8.86. The molecule has 1 heterocycles. The first-order valence-corrected chi connectivity index (χ1v) is 9.94. The fourth-order valence-corrected chi connectivity index (χ4v) is 4.06. The molecule has 0 aliphatic heterocycles. The van der Waals surface area contributed by atoms with E-state index in [1.807, 2.05) is 30.3 Å². The van der Waals surface area contributed by atoms with Crippen molar-refractivity contribution in [2.24, 2.45) is 0 Å². The second-order valence-electron chi connectivity index (χ2n) is 5.27. The number of nitrogens with one attached hydrogen (secondary N) is 1. The van der Waals surface area contributed by atoms with Crippen molar-refractivity contribution in [3.05, 3.63) is 64.7 Å². The molecule has 0 saturated carbocycles. The molecule has 1 N–H and O–H groups in total. The smallest absolute Gasteiger partial charge is 0.206 e. The highest BCUT2D eigenvalue weighted by Crippen LogP contribution is 2.28. The summed E-state index contributed by atoms with van der Waals surface area (Å²) in [6.45, 7) is 0.684. The molecule has 0 aliphatic rings. The third-order valence-corrected chi connectivity index (χ3v) is 5.80. The minimum absolute atomic E-state index is 0.0199. The van der Waals surface area contributed by atoms with E-state index in [1.165, 1.54) is 35.8 Å². The molecule has 2 aromatic carbocycles. The van der Waals surface area contributed by atoms with Gasteiger partial charge in [-0.25, -0.2) is 0 Å². The number of hydrogen-bond donors (Lipinski definition) is 1. The number of hydrogen-bond acceptors (Lipinski definition) is 7. The molecule has 26 heavy (non-hydrogen) atoms. The maximum atomic E-state index is 12.3. The quantitative estimate of drug-likeness (QED) is 0.429. The molecule has 3 rings (SSSR count). The summed E-state index contributed by atoms with van der Waals surface area (Å²) in [5.41, 5.74) is 1.72. The topological polar surface area (TPSA) is 64.1 Å². The van der Waals surface area contributed by atoms with Crippen LogP contribution in [0.4, 0.5) is 5.13 Å². The lowest BCUT2D eigenvalue weighted by Gasteiger charge is -2.04. The van der Waals surface area contributed by atoms with Crippen molar-refractivity contribution < 1.29 is 9.53 Å². The number of ketones is 1. The number of halogens is 1. The van der Waals surface area contributed by atoms with Crippen molar-refractivity contribution in [2.75, 3.05) is 18.2 Å². The molecule has 0 atom stereocenters. The van der Waals surface area contributed by atoms with Crippen LogP contribution in [0.15, 0.2) is 52.9 Å². The first-order valence-electron chi connectivity index (χ1n) is 7.76. The maximum absolute atomic E-state index is 12.3. The van der Waals surface area contributed by atoms with Crippen molar-refractivity contribution in [3.8, 4) is 5.75 Å². The van der Waals surface area contributed by atoms with E-state index in [4.69, 9.17) is 16.3 Å². The highest BCUT2D eigenvalue weighted by molar-refractivity contribution is 8.01. The second-order valence-corrected chi connectivity index (χ2v) is 7.88. The molecule has 0 fully saturated rings. The molecular formula is C18H16ClN3O2S2. The average Bonchev–Trinajstić information content (AvgIpc) is 3.13. The zero-order valence-corrected chi connectivity index (χ0v) is 16.3. The molecule has 0 saturated heterocycles. The molecule has 1 aromatic heterocycles. The molecule has 8 heteroatoms. The molecule has 0 unspecified atom stereocenters. The Morgan fingerprint density at radius 3 is 2.77 bits per heavy atom. The van der Waals surface area contributed by atoms with Gasteiger partial charge in [0.25, 0.3) is 0 Å². The van der Waals surface area contributed by atoms with E-state index in [9.17, 15) is 4.79 Å². The van der Waals surface area contributed by atoms with Crippen LogP contribution in [0.3, 0.4) is 0 Å². The summed E-state index contributed by atoms with van der Waals surface area (Å²) in [6.07, 6.45) is 0. The molecule has 0 aliphatic carbocycles. The van der Waals surface area contributed by atoms with E-state index >= 15 is 0 Å². The van der Waals surface area contributed by atoms with Gasteiger partial charge in [0.2, 0.25) is 5.13 Å². The lowest BCUT2D eigenvalue weighted by Crippen LogP contribution is -2.02. The van der Waals surface area contributed by atoms with Crippen LogP contribution < -0.4 is 10.1 Å². The zero-order valence-electron chi connectivity index (χ0n) is 13.9. The number of benzene rings is 2. The number of Topliss-reactive ketones (excluding diaryl/α,β-unsaturated/α-hetero) is 1. The number of thioether (sulfide) groups is 1. The number of carbonyl (C=O) groups excluding carboxylic acids is 1. The van der Waals surface area contributed by atoms with Crippen molar-refractivity contribution >= 4 is 45.6 Å². The van der Waals surface area contributed by atoms with Gasteiger partial charge in [0.15, 0.2) is 10.1 Å². The largest absolute Gasteiger partial charge is 0.495 e. The van der Waals surface area contributed by atoms with Gasteiger partial charge in [-0.3, -0.25) is 4.79 Å². The Labute approximate surface area is 164 Å². The molecule has 0 amide bonds. The number of carbonyl (C=O) groups is 1.